The Morgan fingerprint density at radius 3 is 2.26 bits per heavy atom. The lowest BCUT2D eigenvalue weighted by atomic mass is 10.1. The van der Waals surface area contributed by atoms with Gasteiger partial charge in [-0.3, -0.25) is 14.2 Å². The topological polar surface area (TPSA) is 82.3 Å². The Morgan fingerprint density at radius 2 is 1.68 bits per heavy atom. The van der Waals surface area contributed by atoms with Crippen LogP contribution in [0.25, 0.3) is 5.69 Å². The second-order valence-corrected chi connectivity index (χ2v) is 8.70. The highest BCUT2D eigenvalue weighted by Gasteiger charge is 2.32. The van der Waals surface area contributed by atoms with Crippen molar-refractivity contribution in [3.8, 4) is 11.4 Å². The largest absolute Gasteiger partial charge is 0.573 e. The summed E-state index contributed by atoms with van der Waals surface area (Å²) in [7, 11) is -2.76. The number of benzene rings is 2. The summed E-state index contributed by atoms with van der Waals surface area (Å²) in [5.74, 6) is -0.922. The molecule has 0 aliphatic rings. The van der Waals surface area contributed by atoms with Gasteiger partial charge in [-0.05, 0) is 30.2 Å². The van der Waals surface area contributed by atoms with Crippen LogP contribution in [0.5, 0.6) is 5.75 Å². The summed E-state index contributed by atoms with van der Waals surface area (Å²) < 4.78 is 72.2. The third kappa shape index (κ3) is 4.76. The van der Waals surface area contributed by atoms with Gasteiger partial charge in [-0.15, -0.1) is 13.2 Å². The first kappa shape index (κ1) is 22.5. The quantitative estimate of drug-likeness (QED) is 0.609. The molecule has 0 amide bonds. The summed E-state index contributed by atoms with van der Waals surface area (Å²) in [5, 5.41) is 0. The van der Waals surface area contributed by atoms with Crippen molar-refractivity contribution < 1.29 is 26.3 Å². The Hall–Kier alpha value is -3.21. The molecular formula is C20H20F3N3O4S. The first-order chi connectivity index (χ1) is 14.4. The van der Waals surface area contributed by atoms with E-state index in [1.54, 1.807) is 55.9 Å². The van der Waals surface area contributed by atoms with Crippen LogP contribution >= 0.6 is 0 Å². The fourth-order valence-corrected chi connectivity index (χ4v) is 4.38. The van der Waals surface area contributed by atoms with Crippen molar-refractivity contribution in [1.82, 2.24) is 9.36 Å². The van der Waals surface area contributed by atoms with Crippen LogP contribution in [-0.4, -0.2) is 24.1 Å². The molecule has 0 spiro atoms. The first-order valence-electron chi connectivity index (χ1n) is 9.16. The summed E-state index contributed by atoms with van der Waals surface area (Å²) in [6.45, 7) is 3.58. The maximum Gasteiger partial charge on any atom is 0.573 e. The molecule has 3 aromatic rings. The molecule has 0 unspecified atom stereocenters. The number of nitrogens with one attached hydrogen (secondary N) is 1. The zero-order chi connectivity index (χ0) is 23.0. The van der Waals surface area contributed by atoms with E-state index in [4.69, 9.17) is 0 Å². The van der Waals surface area contributed by atoms with Gasteiger partial charge in [0.2, 0.25) is 0 Å². The lowest BCUT2D eigenvalue weighted by Gasteiger charge is -2.14. The predicted molar refractivity (Wildman–Crippen MR) is 109 cm³/mol. The molecule has 0 saturated heterocycles. The molecule has 7 nitrogen and oxygen atoms in total. The van der Waals surface area contributed by atoms with E-state index in [-0.39, 0.29) is 11.6 Å². The maximum absolute atomic E-state index is 13.1. The van der Waals surface area contributed by atoms with Gasteiger partial charge < -0.3 is 4.74 Å². The smallest absolute Gasteiger partial charge is 0.406 e. The molecule has 1 heterocycles. The summed E-state index contributed by atoms with van der Waals surface area (Å²) >= 11 is 0. The number of aromatic nitrogens is 2. The molecule has 166 valence electrons. The molecule has 0 aliphatic carbocycles. The molecule has 0 atom stereocenters. The Balaban J connectivity index is 2.08. The number of alkyl halides is 3. The SMILES string of the molecule is CC(C)c1c(NS(=O)(=O)c2cccc(OC(F)(F)F)c2)c(=O)n(-c2ccccc2)n1C. The normalized spacial score (nSPS) is 12.2. The van der Waals surface area contributed by atoms with E-state index in [9.17, 15) is 26.4 Å². The number of hydrogen-bond donors (Lipinski definition) is 1. The number of anilines is 1. The van der Waals surface area contributed by atoms with E-state index in [1.165, 1.54) is 4.68 Å². The van der Waals surface area contributed by atoms with E-state index < -0.39 is 32.6 Å². The second-order valence-electron chi connectivity index (χ2n) is 7.02. The number of halogens is 3. The van der Waals surface area contributed by atoms with E-state index in [1.807, 2.05) is 0 Å². The Kier molecular flexibility index (Phi) is 5.90. The summed E-state index contributed by atoms with van der Waals surface area (Å²) in [4.78, 5) is 12.6. The van der Waals surface area contributed by atoms with Crippen LogP contribution in [0.15, 0.2) is 64.3 Å². The van der Waals surface area contributed by atoms with E-state index >= 15 is 0 Å². The van der Waals surface area contributed by atoms with Gasteiger partial charge in [0.15, 0.2) is 0 Å². The second kappa shape index (κ2) is 8.14. The molecule has 1 N–H and O–H groups in total. The van der Waals surface area contributed by atoms with Crippen molar-refractivity contribution in [3.05, 3.63) is 70.6 Å². The summed E-state index contributed by atoms with van der Waals surface area (Å²) in [5.41, 5.74) is 0.162. The summed E-state index contributed by atoms with van der Waals surface area (Å²) in [6.07, 6.45) is -4.97. The average molecular weight is 455 g/mol. The molecule has 0 aliphatic heterocycles. The zero-order valence-corrected chi connectivity index (χ0v) is 17.7. The molecule has 31 heavy (non-hydrogen) atoms. The van der Waals surface area contributed by atoms with Crippen LogP contribution in [0.4, 0.5) is 18.9 Å². The van der Waals surface area contributed by atoms with Crippen molar-refractivity contribution in [1.29, 1.82) is 0 Å². The van der Waals surface area contributed by atoms with Crippen LogP contribution in [0.3, 0.4) is 0 Å². The van der Waals surface area contributed by atoms with E-state index in [0.717, 1.165) is 24.3 Å². The predicted octanol–water partition coefficient (Wildman–Crippen LogP) is 4.00. The van der Waals surface area contributed by atoms with Crippen molar-refractivity contribution in [2.45, 2.75) is 31.0 Å². The monoisotopic (exact) mass is 455 g/mol. The highest BCUT2D eigenvalue weighted by Crippen LogP contribution is 2.28. The fraction of sp³-hybridized carbons (Fsp3) is 0.250. The van der Waals surface area contributed by atoms with Crippen LogP contribution in [0.1, 0.15) is 25.5 Å². The average Bonchev–Trinajstić information content (AvgIpc) is 2.90. The number of sulfonamides is 1. The van der Waals surface area contributed by atoms with Crippen molar-refractivity contribution in [3.63, 3.8) is 0 Å². The lowest BCUT2D eigenvalue weighted by molar-refractivity contribution is -0.274. The number of ether oxygens (including phenoxy) is 1. The molecule has 11 heteroatoms. The molecule has 0 radical (unpaired) electrons. The van der Waals surface area contributed by atoms with Gasteiger partial charge in [0.1, 0.15) is 11.4 Å². The van der Waals surface area contributed by atoms with Crippen LogP contribution in [0.2, 0.25) is 0 Å². The van der Waals surface area contributed by atoms with Gasteiger partial charge in [-0.25, -0.2) is 13.1 Å². The maximum atomic E-state index is 13.1. The highest BCUT2D eigenvalue weighted by molar-refractivity contribution is 7.92. The number of rotatable bonds is 6. The highest BCUT2D eigenvalue weighted by atomic mass is 32.2. The number of nitrogens with zero attached hydrogens (tertiary/aromatic N) is 2. The van der Waals surface area contributed by atoms with Gasteiger partial charge in [-0.2, -0.15) is 0 Å². The van der Waals surface area contributed by atoms with Gasteiger partial charge in [0.05, 0.1) is 16.3 Å². The van der Waals surface area contributed by atoms with E-state index in [0.29, 0.717) is 11.4 Å². The molecule has 0 saturated carbocycles. The number of hydrogen-bond acceptors (Lipinski definition) is 4. The van der Waals surface area contributed by atoms with Gasteiger partial charge in [0.25, 0.3) is 15.6 Å². The minimum Gasteiger partial charge on any atom is -0.406 e. The van der Waals surface area contributed by atoms with Crippen molar-refractivity contribution in [2.75, 3.05) is 4.72 Å². The molecule has 0 bridgehead atoms. The Morgan fingerprint density at radius 1 is 1.03 bits per heavy atom. The van der Waals surface area contributed by atoms with Crippen molar-refractivity contribution in [2.24, 2.45) is 7.05 Å². The molecule has 2 aromatic carbocycles. The van der Waals surface area contributed by atoms with E-state index in [2.05, 4.69) is 9.46 Å². The lowest BCUT2D eigenvalue weighted by Crippen LogP contribution is -2.23. The van der Waals surface area contributed by atoms with Crippen LogP contribution < -0.4 is 15.0 Å². The number of para-hydroxylation sites is 1. The van der Waals surface area contributed by atoms with Crippen LogP contribution in [0, 0.1) is 0 Å². The minimum absolute atomic E-state index is 0.177. The summed E-state index contributed by atoms with van der Waals surface area (Å²) in [6, 6.07) is 12.6. The molecule has 0 fully saturated rings. The zero-order valence-electron chi connectivity index (χ0n) is 16.8. The van der Waals surface area contributed by atoms with Gasteiger partial charge in [-0.1, -0.05) is 38.1 Å². The van der Waals surface area contributed by atoms with Crippen LogP contribution in [-0.2, 0) is 17.1 Å². The van der Waals surface area contributed by atoms with Gasteiger partial charge in [0, 0.05) is 13.1 Å². The third-order valence-electron chi connectivity index (χ3n) is 4.44. The Bertz CT molecular complexity index is 1250. The minimum atomic E-state index is -4.97. The molecule has 3 rings (SSSR count). The van der Waals surface area contributed by atoms with Gasteiger partial charge >= 0.3 is 6.36 Å². The Labute approximate surface area is 176 Å². The fourth-order valence-electron chi connectivity index (χ4n) is 3.27. The molecule has 1 aromatic heterocycles. The standard InChI is InChI=1S/C20H20F3N3O4S/c1-13(2)18-17(19(27)26(25(18)3)14-8-5-4-6-9-14)24-31(28,29)16-11-7-10-15(12-16)30-20(21,22)23/h4-13,24H,1-3H3. The van der Waals surface area contributed by atoms with Crippen molar-refractivity contribution >= 4 is 15.7 Å². The molecular weight excluding hydrogens is 435 g/mol. The third-order valence-corrected chi connectivity index (χ3v) is 5.79. The first-order valence-corrected chi connectivity index (χ1v) is 10.6.